The predicted molar refractivity (Wildman–Crippen MR) is 49.7 cm³/mol. The van der Waals surface area contributed by atoms with Crippen LogP contribution in [0.1, 0.15) is 39.5 Å². The quantitative estimate of drug-likeness (QED) is 0.605. The van der Waals surface area contributed by atoms with Crippen molar-refractivity contribution >= 4 is 0 Å². The minimum Gasteiger partial charge on any atom is -0.303 e. The van der Waals surface area contributed by atoms with E-state index in [0.29, 0.717) is 0 Å². The van der Waals surface area contributed by atoms with Crippen LogP contribution in [0.15, 0.2) is 0 Å². The smallest absolute Gasteiger partial charge is 0.0118 e. The van der Waals surface area contributed by atoms with Crippen molar-refractivity contribution in [3.8, 4) is 0 Å². The second-order valence-electron chi connectivity index (χ2n) is 3.96. The van der Waals surface area contributed by atoms with Gasteiger partial charge in [0.25, 0.3) is 0 Å². The predicted octanol–water partition coefficient (Wildman–Crippen LogP) is 2.52. The first kappa shape index (κ1) is 9.05. The van der Waals surface area contributed by atoms with Crippen molar-refractivity contribution in [2.75, 3.05) is 13.6 Å². The third-order valence-electron chi connectivity index (χ3n) is 2.98. The Morgan fingerprint density at radius 2 is 2.27 bits per heavy atom. The molecule has 0 aromatic rings. The second kappa shape index (κ2) is 4.10. The van der Waals surface area contributed by atoms with Gasteiger partial charge in [0, 0.05) is 6.04 Å². The maximum Gasteiger partial charge on any atom is 0.0118 e. The molecule has 0 N–H and O–H groups in total. The lowest BCUT2D eigenvalue weighted by Gasteiger charge is -2.25. The normalized spacial score (nSPS) is 29.2. The standard InChI is InChI=1S/C10H21N/c1-4-6-9(2)10-7-5-8-11(10)3/h9-10H,4-8H2,1-3H3. The van der Waals surface area contributed by atoms with E-state index in [4.69, 9.17) is 0 Å². The van der Waals surface area contributed by atoms with Gasteiger partial charge in [-0.15, -0.1) is 0 Å². The molecule has 0 saturated carbocycles. The fraction of sp³-hybridized carbons (Fsp3) is 1.00. The van der Waals surface area contributed by atoms with E-state index in [2.05, 4.69) is 25.8 Å². The van der Waals surface area contributed by atoms with E-state index in [1.165, 1.54) is 32.2 Å². The summed E-state index contributed by atoms with van der Waals surface area (Å²) in [5.74, 6) is 0.910. The van der Waals surface area contributed by atoms with Gasteiger partial charge in [0.15, 0.2) is 0 Å². The van der Waals surface area contributed by atoms with Crippen molar-refractivity contribution in [2.45, 2.75) is 45.6 Å². The lowest BCUT2D eigenvalue weighted by Crippen LogP contribution is -2.30. The van der Waals surface area contributed by atoms with Crippen LogP contribution in [0.2, 0.25) is 0 Å². The molecule has 1 heterocycles. The largest absolute Gasteiger partial charge is 0.303 e. The number of likely N-dealkylation sites (tertiary alicyclic amines) is 1. The van der Waals surface area contributed by atoms with Crippen LogP contribution in [0.3, 0.4) is 0 Å². The summed E-state index contributed by atoms with van der Waals surface area (Å²) in [7, 11) is 2.27. The number of nitrogens with zero attached hydrogens (tertiary/aromatic N) is 1. The molecule has 2 unspecified atom stereocenters. The van der Waals surface area contributed by atoms with Crippen molar-refractivity contribution in [1.29, 1.82) is 0 Å². The summed E-state index contributed by atoms with van der Waals surface area (Å²) in [6.07, 6.45) is 5.58. The van der Waals surface area contributed by atoms with Gasteiger partial charge in [-0.3, -0.25) is 0 Å². The van der Waals surface area contributed by atoms with Crippen LogP contribution in [0.25, 0.3) is 0 Å². The minimum atomic E-state index is 0.884. The average Bonchev–Trinajstić information content (AvgIpc) is 2.36. The molecule has 1 aliphatic rings. The van der Waals surface area contributed by atoms with Crippen LogP contribution in [0.4, 0.5) is 0 Å². The molecule has 0 aromatic heterocycles. The van der Waals surface area contributed by atoms with E-state index >= 15 is 0 Å². The molecule has 0 radical (unpaired) electrons. The average molecular weight is 155 g/mol. The van der Waals surface area contributed by atoms with Crippen LogP contribution in [-0.4, -0.2) is 24.5 Å². The Kier molecular flexibility index (Phi) is 3.38. The zero-order valence-corrected chi connectivity index (χ0v) is 8.14. The van der Waals surface area contributed by atoms with Crippen LogP contribution < -0.4 is 0 Å². The fourth-order valence-electron chi connectivity index (χ4n) is 2.30. The molecule has 1 heteroatoms. The van der Waals surface area contributed by atoms with Gasteiger partial charge in [-0.1, -0.05) is 20.3 Å². The van der Waals surface area contributed by atoms with Crippen molar-refractivity contribution < 1.29 is 0 Å². The summed E-state index contributed by atoms with van der Waals surface area (Å²) >= 11 is 0. The molecule has 66 valence electrons. The Bertz CT molecular complexity index is 111. The highest BCUT2D eigenvalue weighted by Crippen LogP contribution is 2.24. The molecule has 0 amide bonds. The molecule has 0 aliphatic carbocycles. The van der Waals surface area contributed by atoms with Crippen molar-refractivity contribution in [1.82, 2.24) is 4.90 Å². The fourth-order valence-corrected chi connectivity index (χ4v) is 2.30. The number of rotatable bonds is 3. The molecule has 0 bridgehead atoms. The lowest BCUT2D eigenvalue weighted by atomic mass is 9.95. The molecule has 1 rings (SSSR count). The van der Waals surface area contributed by atoms with E-state index < -0.39 is 0 Å². The summed E-state index contributed by atoms with van der Waals surface area (Å²) in [4.78, 5) is 2.53. The molecule has 0 spiro atoms. The van der Waals surface area contributed by atoms with Crippen LogP contribution in [-0.2, 0) is 0 Å². The number of hydrogen-bond donors (Lipinski definition) is 0. The maximum absolute atomic E-state index is 2.53. The van der Waals surface area contributed by atoms with Crippen LogP contribution in [0.5, 0.6) is 0 Å². The van der Waals surface area contributed by atoms with Crippen LogP contribution >= 0.6 is 0 Å². The van der Waals surface area contributed by atoms with Gasteiger partial charge in [-0.2, -0.15) is 0 Å². The Labute approximate surface area is 70.8 Å². The molecular weight excluding hydrogens is 134 g/mol. The monoisotopic (exact) mass is 155 g/mol. The van der Waals surface area contributed by atoms with E-state index in [0.717, 1.165) is 12.0 Å². The summed E-state index contributed by atoms with van der Waals surface area (Å²) in [5.41, 5.74) is 0. The van der Waals surface area contributed by atoms with E-state index in [1.807, 2.05) is 0 Å². The van der Waals surface area contributed by atoms with Gasteiger partial charge in [0.1, 0.15) is 0 Å². The Balaban J connectivity index is 2.33. The first-order chi connectivity index (χ1) is 5.25. The molecule has 1 nitrogen and oxygen atoms in total. The van der Waals surface area contributed by atoms with E-state index in [9.17, 15) is 0 Å². The molecule has 1 fully saturated rings. The Morgan fingerprint density at radius 3 is 2.73 bits per heavy atom. The first-order valence-corrected chi connectivity index (χ1v) is 4.96. The third-order valence-corrected chi connectivity index (χ3v) is 2.98. The highest BCUT2D eigenvalue weighted by molar-refractivity contribution is 4.80. The van der Waals surface area contributed by atoms with Crippen LogP contribution in [0, 0.1) is 5.92 Å². The van der Waals surface area contributed by atoms with Gasteiger partial charge in [-0.25, -0.2) is 0 Å². The summed E-state index contributed by atoms with van der Waals surface area (Å²) < 4.78 is 0. The zero-order valence-electron chi connectivity index (χ0n) is 8.14. The van der Waals surface area contributed by atoms with Crippen molar-refractivity contribution in [3.63, 3.8) is 0 Å². The van der Waals surface area contributed by atoms with Gasteiger partial charge in [0.05, 0.1) is 0 Å². The Hall–Kier alpha value is -0.0400. The Morgan fingerprint density at radius 1 is 1.55 bits per heavy atom. The summed E-state index contributed by atoms with van der Waals surface area (Å²) in [5, 5.41) is 0. The molecule has 0 aromatic carbocycles. The lowest BCUT2D eigenvalue weighted by molar-refractivity contribution is 0.229. The van der Waals surface area contributed by atoms with Crippen molar-refractivity contribution in [3.05, 3.63) is 0 Å². The van der Waals surface area contributed by atoms with E-state index in [1.54, 1.807) is 0 Å². The summed E-state index contributed by atoms with van der Waals surface area (Å²) in [6.45, 7) is 6.00. The molecular formula is C10H21N. The van der Waals surface area contributed by atoms with Gasteiger partial charge >= 0.3 is 0 Å². The topological polar surface area (TPSA) is 3.24 Å². The van der Waals surface area contributed by atoms with Crippen molar-refractivity contribution in [2.24, 2.45) is 5.92 Å². The first-order valence-electron chi connectivity index (χ1n) is 4.96. The molecule has 1 aliphatic heterocycles. The molecule has 2 atom stereocenters. The SMILES string of the molecule is CCCC(C)C1CCCN1C. The van der Waals surface area contributed by atoms with E-state index in [-0.39, 0.29) is 0 Å². The number of hydrogen-bond acceptors (Lipinski definition) is 1. The zero-order chi connectivity index (χ0) is 8.27. The summed E-state index contributed by atoms with van der Waals surface area (Å²) in [6, 6.07) is 0.884. The van der Waals surface area contributed by atoms with Gasteiger partial charge in [-0.05, 0) is 38.8 Å². The maximum atomic E-state index is 2.53. The second-order valence-corrected chi connectivity index (χ2v) is 3.96. The molecule has 11 heavy (non-hydrogen) atoms. The highest BCUT2D eigenvalue weighted by atomic mass is 15.1. The highest BCUT2D eigenvalue weighted by Gasteiger charge is 2.25. The third kappa shape index (κ3) is 2.19. The van der Waals surface area contributed by atoms with Gasteiger partial charge < -0.3 is 4.90 Å². The molecule has 1 saturated heterocycles. The van der Waals surface area contributed by atoms with Gasteiger partial charge in [0.2, 0.25) is 0 Å². The minimum absolute atomic E-state index is 0.884.